The average Bonchev–Trinajstić information content (AvgIpc) is 3.11. The SMILES string of the molecule is CCC(OCC(F)(F)F)C(=O)NCc1csc(NC(=O)NCc2cccc(F)c2)n1. The zero-order valence-corrected chi connectivity index (χ0v) is 16.7. The summed E-state index contributed by atoms with van der Waals surface area (Å²) >= 11 is 1.11. The van der Waals surface area contributed by atoms with Gasteiger partial charge in [-0.3, -0.25) is 10.1 Å². The molecule has 1 aromatic carbocycles. The summed E-state index contributed by atoms with van der Waals surface area (Å²) < 4.78 is 54.4. The molecule has 1 unspecified atom stereocenters. The number of alkyl halides is 3. The van der Waals surface area contributed by atoms with Crippen LogP contribution in [0.1, 0.15) is 24.6 Å². The maximum absolute atomic E-state index is 13.1. The lowest BCUT2D eigenvalue weighted by atomic mass is 10.2. The molecular weight excluding hydrogens is 428 g/mol. The number of ether oxygens (including phenoxy) is 1. The molecule has 0 radical (unpaired) electrons. The third-order valence-corrected chi connectivity index (χ3v) is 4.48. The number of hydrogen-bond donors (Lipinski definition) is 3. The quantitative estimate of drug-likeness (QED) is 0.512. The summed E-state index contributed by atoms with van der Waals surface area (Å²) in [6, 6.07) is 5.24. The molecule has 1 aromatic heterocycles. The number of nitrogens with one attached hydrogen (secondary N) is 3. The number of rotatable bonds is 9. The molecule has 164 valence electrons. The molecule has 0 aliphatic rings. The Labute approximate surface area is 173 Å². The summed E-state index contributed by atoms with van der Waals surface area (Å²) in [6.07, 6.45) is -5.66. The fraction of sp³-hybridized carbons (Fsp3) is 0.389. The van der Waals surface area contributed by atoms with Gasteiger partial charge in [-0.15, -0.1) is 11.3 Å². The Morgan fingerprint density at radius 2 is 2.00 bits per heavy atom. The highest BCUT2D eigenvalue weighted by Gasteiger charge is 2.30. The zero-order valence-electron chi connectivity index (χ0n) is 15.9. The van der Waals surface area contributed by atoms with Crippen molar-refractivity contribution in [3.8, 4) is 0 Å². The van der Waals surface area contributed by atoms with Gasteiger partial charge in [0, 0.05) is 11.9 Å². The average molecular weight is 448 g/mol. The fourth-order valence-electron chi connectivity index (χ4n) is 2.28. The molecule has 1 heterocycles. The van der Waals surface area contributed by atoms with E-state index in [9.17, 15) is 27.2 Å². The standard InChI is InChI=1S/C18H20F4N4O3S/c1-2-14(29-10-18(20,21)22)15(27)23-8-13-9-30-17(25-13)26-16(28)24-7-11-4-3-5-12(19)6-11/h3-6,9,14H,2,7-8,10H2,1H3,(H,23,27)(H2,24,25,26,28). The zero-order chi connectivity index (χ0) is 22.1. The molecule has 0 saturated heterocycles. The lowest BCUT2D eigenvalue weighted by Crippen LogP contribution is -2.37. The topological polar surface area (TPSA) is 92.4 Å². The Hall–Kier alpha value is -2.73. The van der Waals surface area contributed by atoms with Crippen LogP contribution in [0, 0.1) is 5.82 Å². The van der Waals surface area contributed by atoms with Crippen molar-refractivity contribution in [1.82, 2.24) is 15.6 Å². The summed E-state index contributed by atoms with van der Waals surface area (Å²) in [6.45, 7) is 0.115. The summed E-state index contributed by atoms with van der Waals surface area (Å²) in [7, 11) is 0. The molecule has 0 saturated carbocycles. The van der Waals surface area contributed by atoms with E-state index in [0.29, 0.717) is 11.3 Å². The molecule has 3 N–H and O–H groups in total. The van der Waals surface area contributed by atoms with Gasteiger partial charge in [0.1, 0.15) is 18.5 Å². The van der Waals surface area contributed by atoms with Gasteiger partial charge in [0.15, 0.2) is 5.13 Å². The molecule has 0 aliphatic carbocycles. The Morgan fingerprint density at radius 1 is 1.23 bits per heavy atom. The highest BCUT2D eigenvalue weighted by molar-refractivity contribution is 7.13. The van der Waals surface area contributed by atoms with Crippen molar-refractivity contribution in [2.24, 2.45) is 0 Å². The maximum Gasteiger partial charge on any atom is 0.411 e. The molecule has 7 nitrogen and oxygen atoms in total. The van der Waals surface area contributed by atoms with Crippen LogP contribution in [0.3, 0.4) is 0 Å². The van der Waals surface area contributed by atoms with Crippen LogP contribution in [-0.4, -0.2) is 35.8 Å². The number of urea groups is 1. The van der Waals surface area contributed by atoms with Crippen LogP contribution >= 0.6 is 11.3 Å². The van der Waals surface area contributed by atoms with Gasteiger partial charge in [0.25, 0.3) is 0 Å². The van der Waals surface area contributed by atoms with Gasteiger partial charge in [-0.1, -0.05) is 19.1 Å². The van der Waals surface area contributed by atoms with Gasteiger partial charge in [-0.2, -0.15) is 13.2 Å². The fourth-order valence-corrected chi connectivity index (χ4v) is 2.99. The van der Waals surface area contributed by atoms with Crippen molar-refractivity contribution in [1.29, 1.82) is 0 Å². The van der Waals surface area contributed by atoms with E-state index in [1.807, 2.05) is 0 Å². The van der Waals surface area contributed by atoms with E-state index in [1.165, 1.54) is 25.1 Å². The van der Waals surface area contributed by atoms with E-state index in [0.717, 1.165) is 11.3 Å². The van der Waals surface area contributed by atoms with E-state index >= 15 is 0 Å². The largest absolute Gasteiger partial charge is 0.411 e. The van der Waals surface area contributed by atoms with Crippen LogP contribution in [0.2, 0.25) is 0 Å². The normalized spacial score (nSPS) is 12.3. The minimum absolute atomic E-state index is 0.0339. The molecule has 2 rings (SSSR count). The number of aromatic nitrogens is 1. The number of hydrogen-bond acceptors (Lipinski definition) is 5. The first-order valence-electron chi connectivity index (χ1n) is 8.86. The second-order valence-electron chi connectivity index (χ2n) is 6.12. The minimum atomic E-state index is -4.52. The molecule has 0 bridgehead atoms. The lowest BCUT2D eigenvalue weighted by Gasteiger charge is -2.16. The van der Waals surface area contributed by atoms with Crippen LogP contribution < -0.4 is 16.0 Å². The Bertz CT molecular complexity index is 860. The van der Waals surface area contributed by atoms with Crippen molar-refractivity contribution >= 4 is 28.4 Å². The molecule has 1 atom stereocenters. The van der Waals surface area contributed by atoms with Crippen LogP contribution in [0.15, 0.2) is 29.6 Å². The third-order valence-electron chi connectivity index (χ3n) is 3.67. The number of carbonyl (C=O) groups is 2. The van der Waals surface area contributed by atoms with Crippen molar-refractivity contribution < 1.29 is 31.9 Å². The van der Waals surface area contributed by atoms with Crippen molar-refractivity contribution in [3.63, 3.8) is 0 Å². The molecule has 3 amide bonds. The highest BCUT2D eigenvalue weighted by Crippen LogP contribution is 2.17. The Morgan fingerprint density at radius 3 is 2.67 bits per heavy atom. The van der Waals surface area contributed by atoms with Gasteiger partial charge in [0.2, 0.25) is 5.91 Å². The van der Waals surface area contributed by atoms with Gasteiger partial charge < -0.3 is 15.4 Å². The second kappa shape index (κ2) is 10.9. The molecule has 2 aromatic rings. The smallest absolute Gasteiger partial charge is 0.359 e. The summed E-state index contributed by atoms with van der Waals surface area (Å²) in [5, 5.41) is 9.36. The Balaban J connectivity index is 1.77. The lowest BCUT2D eigenvalue weighted by molar-refractivity contribution is -0.187. The number of amides is 3. The highest BCUT2D eigenvalue weighted by atomic mass is 32.1. The molecule has 30 heavy (non-hydrogen) atoms. The predicted octanol–water partition coefficient (Wildman–Crippen LogP) is 3.58. The van der Waals surface area contributed by atoms with E-state index in [1.54, 1.807) is 11.4 Å². The van der Waals surface area contributed by atoms with Gasteiger partial charge in [-0.05, 0) is 24.1 Å². The molecule has 0 fully saturated rings. The number of halogens is 4. The van der Waals surface area contributed by atoms with E-state index < -0.39 is 36.6 Å². The predicted molar refractivity (Wildman–Crippen MR) is 102 cm³/mol. The summed E-state index contributed by atoms with van der Waals surface area (Å²) in [4.78, 5) is 28.0. The second-order valence-corrected chi connectivity index (χ2v) is 6.98. The molecule has 0 aliphatic heterocycles. The number of benzene rings is 1. The van der Waals surface area contributed by atoms with Gasteiger partial charge in [-0.25, -0.2) is 14.2 Å². The monoisotopic (exact) mass is 448 g/mol. The van der Waals surface area contributed by atoms with E-state index in [2.05, 4.69) is 25.7 Å². The number of thiazole rings is 1. The van der Waals surface area contributed by atoms with Crippen LogP contribution in [0.4, 0.5) is 27.5 Å². The third kappa shape index (κ3) is 8.33. The number of nitrogens with zero attached hydrogens (tertiary/aromatic N) is 1. The van der Waals surface area contributed by atoms with Crippen molar-refractivity contribution in [3.05, 3.63) is 46.7 Å². The summed E-state index contributed by atoms with van der Waals surface area (Å²) in [5.74, 6) is -1.09. The number of anilines is 1. The van der Waals surface area contributed by atoms with E-state index in [-0.39, 0.29) is 24.6 Å². The summed E-state index contributed by atoms with van der Waals surface area (Å²) in [5.41, 5.74) is 1.00. The van der Waals surface area contributed by atoms with Gasteiger partial charge >= 0.3 is 12.2 Å². The maximum atomic E-state index is 13.1. The molecular formula is C18H20F4N4O3S. The van der Waals surface area contributed by atoms with Crippen LogP contribution in [0.25, 0.3) is 0 Å². The molecule has 0 spiro atoms. The minimum Gasteiger partial charge on any atom is -0.359 e. The van der Waals surface area contributed by atoms with Crippen LogP contribution in [0.5, 0.6) is 0 Å². The Kier molecular flexibility index (Phi) is 8.54. The van der Waals surface area contributed by atoms with Crippen LogP contribution in [-0.2, 0) is 22.6 Å². The first-order valence-corrected chi connectivity index (χ1v) is 9.74. The van der Waals surface area contributed by atoms with E-state index in [4.69, 9.17) is 0 Å². The van der Waals surface area contributed by atoms with Crippen molar-refractivity contribution in [2.45, 2.75) is 38.7 Å². The molecule has 12 heteroatoms. The number of carbonyl (C=O) groups excluding carboxylic acids is 2. The first kappa shape index (κ1) is 23.5. The van der Waals surface area contributed by atoms with Gasteiger partial charge in [0.05, 0.1) is 12.2 Å². The van der Waals surface area contributed by atoms with Crippen molar-refractivity contribution in [2.75, 3.05) is 11.9 Å². The first-order chi connectivity index (χ1) is 14.2.